The number of pyridine rings is 1. The number of carbonyl (C=O) groups is 1. The van der Waals surface area contributed by atoms with Gasteiger partial charge < -0.3 is 19.3 Å². The highest BCUT2D eigenvalue weighted by Gasteiger charge is 2.24. The van der Waals surface area contributed by atoms with Crippen molar-refractivity contribution in [2.45, 2.75) is 6.92 Å². The van der Waals surface area contributed by atoms with Crippen molar-refractivity contribution in [3.8, 4) is 17.5 Å². The van der Waals surface area contributed by atoms with E-state index in [4.69, 9.17) is 19.3 Å². The fourth-order valence-corrected chi connectivity index (χ4v) is 1.39. The molecule has 0 aliphatic heterocycles. The summed E-state index contributed by atoms with van der Waals surface area (Å²) in [4.78, 5) is 15.1. The molecule has 0 bridgehead atoms. The summed E-state index contributed by atoms with van der Waals surface area (Å²) in [5.74, 6) is -0.737. The Hall–Kier alpha value is -1.98. The van der Waals surface area contributed by atoms with Crippen LogP contribution in [0.4, 0.5) is 0 Å². The van der Waals surface area contributed by atoms with Crippen LogP contribution in [0.5, 0.6) is 17.5 Å². The molecule has 16 heavy (non-hydrogen) atoms. The minimum atomic E-state index is -1.12. The number of hydrogen-bond donors (Lipinski definition) is 1. The molecule has 1 heterocycles. The van der Waals surface area contributed by atoms with E-state index in [0.717, 1.165) is 0 Å². The van der Waals surface area contributed by atoms with E-state index in [1.807, 2.05) is 0 Å². The second-order valence-corrected chi connectivity index (χ2v) is 2.97. The Morgan fingerprint density at radius 1 is 1.12 bits per heavy atom. The van der Waals surface area contributed by atoms with Gasteiger partial charge in [-0.1, -0.05) is 0 Å². The van der Waals surface area contributed by atoms with E-state index in [1.54, 1.807) is 6.92 Å². The van der Waals surface area contributed by atoms with Crippen LogP contribution in [0.1, 0.15) is 15.9 Å². The maximum atomic E-state index is 11.1. The summed E-state index contributed by atoms with van der Waals surface area (Å²) < 4.78 is 14.9. The summed E-state index contributed by atoms with van der Waals surface area (Å²) in [7, 11) is 4.15. The molecule has 0 saturated heterocycles. The van der Waals surface area contributed by atoms with E-state index in [9.17, 15) is 4.79 Å². The lowest BCUT2D eigenvalue weighted by Crippen LogP contribution is -2.08. The maximum absolute atomic E-state index is 11.1. The molecular formula is C10H13NO5. The summed E-state index contributed by atoms with van der Waals surface area (Å²) in [5.41, 5.74) is 0.388. The highest BCUT2D eigenvalue weighted by Crippen LogP contribution is 2.35. The predicted octanol–water partition coefficient (Wildman–Crippen LogP) is 1.11. The van der Waals surface area contributed by atoms with Crippen LogP contribution in [-0.2, 0) is 0 Å². The van der Waals surface area contributed by atoms with Crippen LogP contribution in [0.2, 0.25) is 0 Å². The number of aromatic nitrogens is 1. The van der Waals surface area contributed by atoms with Gasteiger partial charge in [0.25, 0.3) is 5.88 Å². The van der Waals surface area contributed by atoms with Gasteiger partial charge in [-0.05, 0) is 6.92 Å². The molecule has 0 aliphatic carbocycles. The SMILES string of the molecule is COc1nc(OC)c(OC)c(C(=O)O)c1C. The zero-order valence-electron chi connectivity index (χ0n) is 9.53. The molecule has 0 fully saturated rings. The topological polar surface area (TPSA) is 77.9 Å². The van der Waals surface area contributed by atoms with Gasteiger partial charge in [-0.25, -0.2) is 4.79 Å². The molecule has 0 saturated carbocycles. The van der Waals surface area contributed by atoms with Gasteiger partial charge >= 0.3 is 5.97 Å². The summed E-state index contributed by atoms with van der Waals surface area (Å²) in [6, 6.07) is 0. The molecule has 0 aromatic carbocycles. The van der Waals surface area contributed by atoms with E-state index in [2.05, 4.69) is 4.98 Å². The average Bonchev–Trinajstić information content (AvgIpc) is 2.27. The summed E-state index contributed by atoms with van der Waals surface area (Å²) in [5, 5.41) is 9.10. The van der Waals surface area contributed by atoms with Gasteiger partial charge in [0.15, 0.2) is 5.75 Å². The van der Waals surface area contributed by atoms with Crippen molar-refractivity contribution in [1.29, 1.82) is 0 Å². The van der Waals surface area contributed by atoms with Crippen LogP contribution in [0.3, 0.4) is 0 Å². The number of carboxylic acid groups (broad SMARTS) is 1. The Kier molecular flexibility index (Phi) is 3.55. The standard InChI is InChI=1S/C10H13NO5/c1-5-6(10(12)13)7(14-2)9(16-4)11-8(5)15-3/h1-4H3,(H,12,13). The lowest BCUT2D eigenvalue weighted by atomic mass is 10.1. The second-order valence-electron chi connectivity index (χ2n) is 2.97. The molecule has 1 rings (SSSR count). The zero-order valence-corrected chi connectivity index (χ0v) is 9.53. The van der Waals surface area contributed by atoms with Gasteiger partial charge in [0, 0.05) is 5.56 Å². The Labute approximate surface area is 92.8 Å². The van der Waals surface area contributed by atoms with Gasteiger partial charge in [-0.2, -0.15) is 4.98 Å². The van der Waals surface area contributed by atoms with Crippen molar-refractivity contribution in [3.63, 3.8) is 0 Å². The third kappa shape index (κ3) is 1.86. The number of nitrogens with zero attached hydrogens (tertiary/aromatic N) is 1. The van der Waals surface area contributed by atoms with Crippen molar-refractivity contribution >= 4 is 5.97 Å². The average molecular weight is 227 g/mol. The van der Waals surface area contributed by atoms with E-state index >= 15 is 0 Å². The molecule has 1 N–H and O–H groups in total. The molecule has 0 aliphatic rings. The molecule has 1 aromatic rings. The molecule has 0 unspecified atom stereocenters. The molecule has 0 atom stereocenters. The molecule has 88 valence electrons. The number of carboxylic acids is 1. The Morgan fingerprint density at radius 3 is 2.06 bits per heavy atom. The number of aromatic carboxylic acids is 1. The monoisotopic (exact) mass is 227 g/mol. The van der Waals surface area contributed by atoms with Gasteiger partial charge in [0.1, 0.15) is 5.56 Å². The Morgan fingerprint density at radius 2 is 1.69 bits per heavy atom. The second kappa shape index (κ2) is 4.69. The first-order valence-electron chi connectivity index (χ1n) is 4.46. The van der Waals surface area contributed by atoms with Crippen molar-refractivity contribution in [2.24, 2.45) is 0 Å². The molecular weight excluding hydrogens is 214 g/mol. The fourth-order valence-electron chi connectivity index (χ4n) is 1.39. The Bertz CT molecular complexity index is 416. The van der Waals surface area contributed by atoms with Crippen molar-refractivity contribution in [2.75, 3.05) is 21.3 Å². The van der Waals surface area contributed by atoms with Crippen molar-refractivity contribution in [3.05, 3.63) is 11.1 Å². The fraction of sp³-hybridized carbons (Fsp3) is 0.400. The van der Waals surface area contributed by atoms with E-state index in [1.165, 1.54) is 21.3 Å². The molecule has 0 radical (unpaired) electrons. The zero-order chi connectivity index (χ0) is 12.3. The summed E-state index contributed by atoms with van der Waals surface area (Å²) in [6.07, 6.45) is 0. The Balaban J connectivity index is 3.57. The molecule has 0 amide bonds. The third-order valence-corrected chi connectivity index (χ3v) is 2.12. The minimum absolute atomic E-state index is 0.00815. The van der Waals surface area contributed by atoms with E-state index in [0.29, 0.717) is 5.56 Å². The van der Waals surface area contributed by atoms with Crippen LogP contribution in [0.15, 0.2) is 0 Å². The summed E-state index contributed by atoms with van der Waals surface area (Å²) >= 11 is 0. The normalized spacial score (nSPS) is 9.75. The van der Waals surface area contributed by atoms with Gasteiger partial charge in [0.05, 0.1) is 21.3 Å². The third-order valence-electron chi connectivity index (χ3n) is 2.12. The predicted molar refractivity (Wildman–Crippen MR) is 55.6 cm³/mol. The number of rotatable bonds is 4. The smallest absolute Gasteiger partial charge is 0.340 e. The lowest BCUT2D eigenvalue weighted by Gasteiger charge is -2.14. The van der Waals surface area contributed by atoms with Gasteiger partial charge in [-0.3, -0.25) is 0 Å². The molecule has 6 heteroatoms. The van der Waals surface area contributed by atoms with Crippen LogP contribution < -0.4 is 14.2 Å². The van der Waals surface area contributed by atoms with E-state index < -0.39 is 5.97 Å². The quantitative estimate of drug-likeness (QED) is 0.830. The number of methoxy groups -OCH3 is 3. The first kappa shape index (κ1) is 12.1. The van der Waals surface area contributed by atoms with Crippen LogP contribution in [0.25, 0.3) is 0 Å². The first-order valence-corrected chi connectivity index (χ1v) is 4.46. The van der Waals surface area contributed by atoms with Gasteiger partial charge in [0.2, 0.25) is 5.88 Å². The highest BCUT2D eigenvalue weighted by atomic mass is 16.5. The molecule has 6 nitrogen and oxygen atoms in total. The van der Waals surface area contributed by atoms with E-state index in [-0.39, 0.29) is 23.1 Å². The van der Waals surface area contributed by atoms with Gasteiger partial charge in [-0.15, -0.1) is 0 Å². The maximum Gasteiger partial charge on any atom is 0.340 e. The van der Waals surface area contributed by atoms with Crippen LogP contribution >= 0.6 is 0 Å². The number of hydrogen-bond acceptors (Lipinski definition) is 5. The highest BCUT2D eigenvalue weighted by molar-refractivity contribution is 5.94. The molecule has 0 spiro atoms. The summed E-state index contributed by atoms with van der Waals surface area (Å²) in [6.45, 7) is 1.59. The van der Waals surface area contributed by atoms with Crippen LogP contribution in [0, 0.1) is 6.92 Å². The largest absolute Gasteiger partial charge is 0.491 e. The molecule has 1 aromatic heterocycles. The lowest BCUT2D eigenvalue weighted by molar-refractivity contribution is 0.0690. The first-order chi connectivity index (χ1) is 7.56. The minimum Gasteiger partial charge on any atom is -0.491 e. The number of ether oxygens (including phenoxy) is 3. The van der Waals surface area contributed by atoms with Crippen molar-refractivity contribution in [1.82, 2.24) is 4.98 Å². The van der Waals surface area contributed by atoms with Crippen molar-refractivity contribution < 1.29 is 24.1 Å². The van der Waals surface area contributed by atoms with Crippen LogP contribution in [-0.4, -0.2) is 37.4 Å².